The fourth-order valence-electron chi connectivity index (χ4n) is 2.46. The Morgan fingerprint density at radius 3 is 2.36 bits per heavy atom. The van der Waals surface area contributed by atoms with E-state index in [0.29, 0.717) is 17.3 Å². The molecule has 0 radical (unpaired) electrons. The molecule has 7 heteroatoms. The lowest BCUT2D eigenvalue weighted by Gasteiger charge is -2.32. The lowest BCUT2D eigenvalue weighted by molar-refractivity contribution is -0.857. The third-order valence-corrected chi connectivity index (χ3v) is 4.22. The van der Waals surface area contributed by atoms with Crippen LogP contribution in [0.3, 0.4) is 0 Å². The lowest BCUT2D eigenvalue weighted by atomic mass is 10.1. The van der Waals surface area contributed by atoms with Gasteiger partial charge in [-0.3, -0.25) is 4.98 Å². The number of nitrogens with zero attached hydrogens (tertiary/aromatic N) is 2. The van der Waals surface area contributed by atoms with Crippen molar-refractivity contribution < 1.29 is 13.7 Å². The summed E-state index contributed by atoms with van der Waals surface area (Å²) in [6.45, 7) is 3.62. The highest BCUT2D eigenvalue weighted by molar-refractivity contribution is 7.80. The molecule has 25 heavy (non-hydrogen) atoms. The highest BCUT2D eigenvalue weighted by atomic mass is 32.1. The summed E-state index contributed by atoms with van der Waals surface area (Å²) in [6.07, 6.45) is 3.47. The molecule has 0 saturated carbocycles. The summed E-state index contributed by atoms with van der Waals surface area (Å²) in [7, 11) is 4.13. The molecule has 134 valence electrons. The average molecular weight is 365 g/mol. The van der Waals surface area contributed by atoms with E-state index in [1.165, 1.54) is 17.0 Å². The minimum atomic E-state index is -0.642. The molecule has 0 aliphatic carbocycles. The van der Waals surface area contributed by atoms with E-state index in [2.05, 4.69) is 24.4 Å². The third-order valence-electron chi connectivity index (χ3n) is 3.88. The predicted molar refractivity (Wildman–Crippen MR) is 99.6 cm³/mol. The van der Waals surface area contributed by atoms with Crippen molar-refractivity contribution in [3.63, 3.8) is 0 Å². The van der Waals surface area contributed by atoms with Crippen molar-refractivity contribution >= 4 is 23.0 Å². The number of hydrogen-bond acceptors (Lipinski definition) is 2. The third kappa shape index (κ3) is 5.72. The summed E-state index contributed by atoms with van der Waals surface area (Å²) in [5.74, 6) is -1.28. The fourth-order valence-corrected chi connectivity index (χ4v) is 2.83. The zero-order chi connectivity index (χ0) is 18.4. The number of likely N-dealkylation sites (N-methyl/N-ethyl adjacent to an activating group) is 1. The van der Waals surface area contributed by atoms with E-state index in [9.17, 15) is 8.78 Å². The molecule has 2 N–H and O–H groups in total. The molecule has 1 atom stereocenters. The van der Waals surface area contributed by atoms with Crippen LogP contribution >= 0.6 is 12.2 Å². The van der Waals surface area contributed by atoms with Crippen molar-refractivity contribution in [1.82, 2.24) is 9.88 Å². The zero-order valence-electron chi connectivity index (χ0n) is 14.6. The Morgan fingerprint density at radius 2 is 1.80 bits per heavy atom. The lowest BCUT2D eigenvalue weighted by Crippen LogP contribution is -3.06. The summed E-state index contributed by atoms with van der Waals surface area (Å²) in [6, 6.07) is 7.15. The van der Waals surface area contributed by atoms with Crippen molar-refractivity contribution in [2.24, 2.45) is 0 Å². The summed E-state index contributed by atoms with van der Waals surface area (Å²) in [4.78, 5) is 7.34. The second kappa shape index (κ2) is 8.82. The number of hydrogen-bond donors (Lipinski definition) is 2. The highest BCUT2D eigenvalue weighted by Gasteiger charge is 2.20. The van der Waals surface area contributed by atoms with Crippen molar-refractivity contribution in [2.45, 2.75) is 13.0 Å². The van der Waals surface area contributed by atoms with E-state index in [1.54, 1.807) is 12.4 Å². The van der Waals surface area contributed by atoms with Gasteiger partial charge in [-0.1, -0.05) is 0 Å². The minimum absolute atomic E-state index is 0.000700. The first-order valence-corrected chi connectivity index (χ1v) is 8.50. The fraction of sp³-hybridized carbons (Fsp3) is 0.333. The highest BCUT2D eigenvalue weighted by Crippen LogP contribution is 2.21. The maximum Gasteiger partial charge on any atom is 0.174 e. The van der Waals surface area contributed by atoms with Gasteiger partial charge in [-0.25, -0.2) is 8.78 Å². The number of anilines is 1. The first-order valence-electron chi connectivity index (χ1n) is 8.09. The van der Waals surface area contributed by atoms with Crippen LogP contribution in [0.25, 0.3) is 0 Å². The molecule has 2 rings (SSSR count). The number of aromatic nitrogens is 1. The topological polar surface area (TPSA) is 32.6 Å². The smallest absolute Gasteiger partial charge is 0.174 e. The minimum Gasteiger partial charge on any atom is -0.338 e. The van der Waals surface area contributed by atoms with Crippen molar-refractivity contribution in [1.29, 1.82) is 0 Å². The molecular weight excluding hydrogens is 342 g/mol. The molecule has 4 nitrogen and oxygen atoms in total. The molecule has 0 aliphatic rings. The first kappa shape index (κ1) is 19.2. The molecular formula is C18H23F2N4S+. The summed E-state index contributed by atoms with van der Waals surface area (Å²) in [5.41, 5.74) is 1.37. The molecule has 0 amide bonds. The van der Waals surface area contributed by atoms with E-state index in [4.69, 9.17) is 12.2 Å². The molecule has 1 aromatic heterocycles. The van der Waals surface area contributed by atoms with Gasteiger partial charge in [-0.15, -0.1) is 0 Å². The van der Waals surface area contributed by atoms with Crippen LogP contribution in [0.15, 0.2) is 42.7 Å². The number of nitrogens with one attached hydrogen (secondary N) is 2. The molecule has 0 saturated heterocycles. The van der Waals surface area contributed by atoms with Gasteiger partial charge in [-0.2, -0.15) is 0 Å². The largest absolute Gasteiger partial charge is 0.338 e. The summed E-state index contributed by atoms with van der Waals surface area (Å²) < 4.78 is 26.8. The number of pyridine rings is 1. The molecule has 1 unspecified atom stereocenters. The maximum atomic E-state index is 13.4. The van der Waals surface area contributed by atoms with Gasteiger partial charge in [0.2, 0.25) is 0 Å². The van der Waals surface area contributed by atoms with Gasteiger partial charge in [0.05, 0.1) is 33.2 Å². The van der Waals surface area contributed by atoms with E-state index in [-0.39, 0.29) is 6.04 Å². The Kier molecular flexibility index (Phi) is 6.78. The van der Waals surface area contributed by atoms with Crippen molar-refractivity contribution in [3.05, 3.63) is 59.9 Å². The molecule has 0 bridgehead atoms. The Balaban J connectivity index is 2.19. The van der Waals surface area contributed by atoms with E-state index in [0.717, 1.165) is 18.2 Å². The second-order valence-electron chi connectivity index (χ2n) is 6.20. The van der Waals surface area contributed by atoms with Gasteiger partial charge in [0.1, 0.15) is 11.6 Å². The number of rotatable bonds is 6. The van der Waals surface area contributed by atoms with Gasteiger partial charge in [0, 0.05) is 24.1 Å². The quantitative estimate of drug-likeness (QED) is 0.770. The SMILES string of the molecule is CC(c1ccncc1)N(CC[NH+](C)C)C(=S)Nc1cc(F)cc(F)c1. The van der Waals surface area contributed by atoms with Gasteiger partial charge in [0.15, 0.2) is 5.11 Å². The van der Waals surface area contributed by atoms with E-state index >= 15 is 0 Å². The molecule has 0 spiro atoms. The number of halogens is 2. The van der Waals surface area contributed by atoms with Gasteiger partial charge in [0.25, 0.3) is 0 Å². The standard InChI is InChI=1S/C18H22F2N4S/c1-13(14-4-6-21-7-5-14)24(9-8-23(2)3)18(25)22-17-11-15(19)10-16(20)12-17/h4-7,10-13H,8-9H2,1-3H3,(H,22,25)/p+1. The van der Waals surface area contributed by atoms with Crippen LogP contribution in [-0.2, 0) is 0 Å². The number of benzene rings is 1. The first-order chi connectivity index (χ1) is 11.9. The Bertz CT molecular complexity index is 689. The second-order valence-corrected chi connectivity index (χ2v) is 6.58. The molecule has 1 aromatic carbocycles. The average Bonchev–Trinajstić information content (AvgIpc) is 2.54. The van der Waals surface area contributed by atoms with Crippen LogP contribution in [0.4, 0.5) is 14.5 Å². The predicted octanol–water partition coefficient (Wildman–Crippen LogP) is 2.26. The number of thiocarbonyl (C=S) groups is 1. The van der Waals surface area contributed by atoms with Crippen LogP contribution < -0.4 is 10.2 Å². The Labute approximate surface area is 152 Å². The van der Waals surface area contributed by atoms with Crippen molar-refractivity contribution in [2.75, 3.05) is 32.5 Å². The van der Waals surface area contributed by atoms with Gasteiger partial charge >= 0.3 is 0 Å². The monoisotopic (exact) mass is 365 g/mol. The Morgan fingerprint density at radius 1 is 1.20 bits per heavy atom. The van der Waals surface area contributed by atoms with Crippen LogP contribution in [0.5, 0.6) is 0 Å². The molecule has 0 fully saturated rings. The normalized spacial score (nSPS) is 12.1. The molecule has 0 aliphatic heterocycles. The van der Waals surface area contributed by atoms with E-state index < -0.39 is 11.6 Å². The van der Waals surface area contributed by atoms with E-state index in [1.807, 2.05) is 24.0 Å². The zero-order valence-corrected chi connectivity index (χ0v) is 15.4. The molecule has 2 aromatic rings. The van der Waals surface area contributed by atoms with Crippen LogP contribution in [0, 0.1) is 11.6 Å². The molecule has 1 heterocycles. The van der Waals surface area contributed by atoms with Gasteiger partial charge < -0.3 is 15.1 Å². The Hall–Kier alpha value is -2.12. The van der Waals surface area contributed by atoms with Crippen LogP contribution in [0.2, 0.25) is 0 Å². The van der Waals surface area contributed by atoms with Gasteiger partial charge in [-0.05, 0) is 49.0 Å². The van der Waals surface area contributed by atoms with Crippen LogP contribution in [0.1, 0.15) is 18.5 Å². The maximum absolute atomic E-state index is 13.4. The number of quaternary nitrogens is 1. The van der Waals surface area contributed by atoms with Crippen LogP contribution in [-0.4, -0.2) is 42.2 Å². The van der Waals surface area contributed by atoms with Crippen molar-refractivity contribution in [3.8, 4) is 0 Å². The summed E-state index contributed by atoms with van der Waals surface area (Å²) in [5, 5.41) is 3.38. The summed E-state index contributed by atoms with van der Waals surface area (Å²) >= 11 is 5.52.